The third-order valence-corrected chi connectivity index (χ3v) is 17.1. The fourth-order valence-corrected chi connectivity index (χ4v) is 11.3. The Morgan fingerprint density at radius 3 is 1.20 bits per heavy atom. The average molecular weight is 1320 g/mol. The molecule has 3 aliphatic rings. The van der Waals surface area contributed by atoms with Crippen LogP contribution >= 0.6 is 0 Å². The van der Waals surface area contributed by atoms with Gasteiger partial charge >= 0.3 is 0 Å². The number of hydrogen-bond acceptors (Lipinski definition) is 18. The summed E-state index contributed by atoms with van der Waals surface area (Å²) in [6.07, 6.45) is 46.4. The van der Waals surface area contributed by atoms with Crippen LogP contribution in [0.2, 0.25) is 0 Å². The number of aliphatic hydroxyl groups is 11. The van der Waals surface area contributed by atoms with Gasteiger partial charge < -0.3 is 89.9 Å². The van der Waals surface area contributed by atoms with Gasteiger partial charge in [-0.2, -0.15) is 0 Å². The maximum atomic E-state index is 13.4. The van der Waals surface area contributed by atoms with Crippen molar-refractivity contribution < 1.29 is 89.4 Å². The maximum Gasteiger partial charge on any atom is 0.220 e. The zero-order valence-electron chi connectivity index (χ0n) is 56.4. The van der Waals surface area contributed by atoms with Gasteiger partial charge in [0.05, 0.1) is 38.6 Å². The highest BCUT2D eigenvalue weighted by Crippen LogP contribution is 2.33. The van der Waals surface area contributed by atoms with Crippen LogP contribution in [-0.2, 0) is 33.2 Å². The van der Waals surface area contributed by atoms with Crippen LogP contribution in [0.25, 0.3) is 0 Å². The second-order valence-corrected chi connectivity index (χ2v) is 25.0. The number of carbonyl (C=O) groups is 1. The molecule has 0 aromatic carbocycles. The van der Waals surface area contributed by atoms with E-state index in [1.807, 2.05) is 6.08 Å². The number of nitrogens with one attached hydrogen (secondary N) is 1. The minimum absolute atomic E-state index is 0.225. The molecule has 0 saturated carbocycles. The molecule has 3 aliphatic heterocycles. The fourth-order valence-electron chi connectivity index (χ4n) is 11.3. The van der Waals surface area contributed by atoms with Crippen molar-refractivity contribution in [1.29, 1.82) is 0 Å². The highest BCUT2D eigenvalue weighted by atomic mass is 16.8. The Bertz CT molecular complexity index is 2110. The molecule has 19 heteroatoms. The van der Waals surface area contributed by atoms with Crippen molar-refractivity contribution >= 4 is 5.91 Å². The van der Waals surface area contributed by atoms with Crippen LogP contribution in [0, 0.1) is 0 Å². The lowest BCUT2D eigenvalue weighted by atomic mass is 9.96. The van der Waals surface area contributed by atoms with Gasteiger partial charge in [-0.05, 0) is 89.9 Å². The first-order valence-corrected chi connectivity index (χ1v) is 35.6. The second-order valence-electron chi connectivity index (χ2n) is 25.0. The molecule has 0 aromatic rings. The van der Waals surface area contributed by atoms with Gasteiger partial charge in [0.2, 0.25) is 5.91 Å². The molecule has 0 radical (unpaired) electrons. The second kappa shape index (κ2) is 54.5. The van der Waals surface area contributed by atoms with Crippen molar-refractivity contribution in [3.05, 3.63) is 109 Å². The molecule has 0 aliphatic carbocycles. The monoisotopic (exact) mass is 1320 g/mol. The Balaban J connectivity index is 1.39. The Hall–Kier alpha value is -3.55. The number of allylic oxidation sites excluding steroid dienone is 17. The highest BCUT2D eigenvalue weighted by Gasteiger charge is 2.53. The molecular formula is C74H125NO18. The number of rotatable bonds is 53. The molecular weight excluding hydrogens is 1190 g/mol. The van der Waals surface area contributed by atoms with E-state index in [1.165, 1.54) is 89.9 Å². The van der Waals surface area contributed by atoms with Crippen LogP contribution in [0.3, 0.4) is 0 Å². The van der Waals surface area contributed by atoms with Crippen LogP contribution in [0.1, 0.15) is 219 Å². The number of hydrogen-bond donors (Lipinski definition) is 12. The normalized spacial score (nSPS) is 28.2. The zero-order valence-corrected chi connectivity index (χ0v) is 56.4. The van der Waals surface area contributed by atoms with Gasteiger partial charge in [0.15, 0.2) is 18.9 Å². The first-order chi connectivity index (χ1) is 45.3. The Kier molecular flexibility index (Phi) is 49.0. The minimum atomic E-state index is -1.99. The molecule has 3 rings (SSSR count). The summed E-state index contributed by atoms with van der Waals surface area (Å²) in [6.45, 7) is 1.58. The molecule has 17 unspecified atom stereocenters. The molecule has 12 N–H and O–H groups in total. The van der Waals surface area contributed by atoms with Crippen LogP contribution in [0.4, 0.5) is 0 Å². The topological polar surface area (TPSA) is 307 Å². The highest BCUT2D eigenvalue weighted by molar-refractivity contribution is 5.76. The number of carbonyl (C=O) groups excluding carboxylic acids is 1. The van der Waals surface area contributed by atoms with Gasteiger partial charge in [-0.1, -0.05) is 232 Å². The van der Waals surface area contributed by atoms with Gasteiger partial charge in [-0.15, -0.1) is 0 Å². The van der Waals surface area contributed by atoms with Crippen molar-refractivity contribution in [2.24, 2.45) is 0 Å². The van der Waals surface area contributed by atoms with Gasteiger partial charge in [0.1, 0.15) is 73.2 Å². The Morgan fingerprint density at radius 2 is 0.753 bits per heavy atom. The zero-order chi connectivity index (χ0) is 67.5. The number of amides is 1. The van der Waals surface area contributed by atoms with E-state index in [0.29, 0.717) is 12.8 Å². The van der Waals surface area contributed by atoms with Gasteiger partial charge in [-0.3, -0.25) is 4.79 Å². The maximum absolute atomic E-state index is 13.4. The summed E-state index contributed by atoms with van der Waals surface area (Å²) in [5.41, 5.74) is 0. The van der Waals surface area contributed by atoms with Gasteiger partial charge in [-0.25, -0.2) is 0 Å². The van der Waals surface area contributed by atoms with Gasteiger partial charge in [0.25, 0.3) is 0 Å². The molecule has 1 amide bonds. The molecule has 3 fully saturated rings. The number of unbranched alkanes of at least 4 members (excludes halogenated alkanes) is 21. The van der Waals surface area contributed by atoms with E-state index in [0.717, 1.165) is 96.3 Å². The first kappa shape index (κ1) is 83.7. The lowest BCUT2D eigenvalue weighted by molar-refractivity contribution is -0.379. The van der Waals surface area contributed by atoms with Crippen LogP contribution < -0.4 is 5.32 Å². The summed E-state index contributed by atoms with van der Waals surface area (Å²) in [6, 6.07) is -0.998. The van der Waals surface area contributed by atoms with Gasteiger partial charge in [0, 0.05) is 6.42 Å². The largest absolute Gasteiger partial charge is 0.394 e. The van der Waals surface area contributed by atoms with E-state index in [4.69, 9.17) is 28.4 Å². The van der Waals surface area contributed by atoms with Crippen LogP contribution in [-0.4, -0.2) is 193 Å². The third kappa shape index (κ3) is 36.0. The molecule has 0 aromatic heterocycles. The van der Waals surface area contributed by atoms with E-state index >= 15 is 0 Å². The van der Waals surface area contributed by atoms with Crippen molar-refractivity contribution in [3.63, 3.8) is 0 Å². The summed E-state index contributed by atoms with van der Waals surface area (Å²) in [7, 11) is 0. The summed E-state index contributed by atoms with van der Waals surface area (Å²) < 4.78 is 34.3. The SMILES string of the molecule is CC/C=C\C/C=C\C/C=C\C/C=C\C/C=C\C/C=C\C/C=C\CCCCCCCCCCCCCC(=O)NC(COC1OC(CO)C(OC2OC(CO)C(OC3OC(CO)C(O)C(O)C3O)C(O)C2O)C(O)C1O)C(O)/C=C/CC/C=C/CCCCCCCCCCC. The molecule has 93 heavy (non-hydrogen) atoms. The lowest BCUT2D eigenvalue weighted by Crippen LogP contribution is -2.66. The lowest BCUT2D eigenvalue weighted by Gasteiger charge is -2.48. The molecule has 17 atom stereocenters. The Morgan fingerprint density at radius 1 is 0.398 bits per heavy atom. The smallest absolute Gasteiger partial charge is 0.220 e. The van der Waals surface area contributed by atoms with Crippen molar-refractivity contribution in [2.75, 3.05) is 26.4 Å². The molecule has 0 bridgehead atoms. The molecule has 3 heterocycles. The fraction of sp³-hybridized carbons (Fsp3) is 0.743. The molecule has 3 saturated heterocycles. The summed E-state index contributed by atoms with van der Waals surface area (Å²) in [5, 5.41) is 120. The van der Waals surface area contributed by atoms with Crippen molar-refractivity contribution in [3.8, 4) is 0 Å². The summed E-state index contributed by atoms with van der Waals surface area (Å²) in [4.78, 5) is 13.4. The summed E-state index contributed by atoms with van der Waals surface area (Å²) in [5.74, 6) is -0.294. The van der Waals surface area contributed by atoms with E-state index < -0.39 is 124 Å². The van der Waals surface area contributed by atoms with E-state index in [-0.39, 0.29) is 18.9 Å². The molecule has 0 spiro atoms. The quantitative estimate of drug-likeness (QED) is 0.0199. The Labute approximate surface area is 557 Å². The number of ether oxygens (including phenoxy) is 6. The van der Waals surface area contributed by atoms with Crippen LogP contribution in [0.15, 0.2) is 109 Å². The van der Waals surface area contributed by atoms with Crippen molar-refractivity contribution in [2.45, 2.75) is 324 Å². The molecule has 534 valence electrons. The van der Waals surface area contributed by atoms with E-state index in [9.17, 15) is 61.0 Å². The minimum Gasteiger partial charge on any atom is -0.394 e. The van der Waals surface area contributed by atoms with Crippen LogP contribution in [0.5, 0.6) is 0 Å². The first-order valence-electron chi connectivity index (χ1n) is 35.6. The summed E-state index contributed by atoms with van der Waals surface area (Å²) >= 11 is 0. The van der Waals surface area contributed by atoms with E-state index in [2.05, 4.69) is 116 Å². The standard InChI is InChI=1S/C74H125NO18/c1-3-5-7-9-11-13-15-17-19-20-21-22-23-24-25-26-27-28-29-30-31-32-33-34-35-36-38-40-42-44-46-48-50-52-62(80)75-57(58(79)51-49-47-45-43-41-39-37-18-16-14-12-10-8-6-4-2)56-88-72-68(86)65(83)70(60(54-77)90-72)93-74-69(87)66(84)71(61(55-78)91-74)92-73-67(85)64(82)63(81)59(53-76)89-73/h5,7,11,13,17,19,21-22,24-25,27-28,30-31,41,43,49,51,57-61,63-74,76-79,81-87H,3-4,6,8-10,12,14-16,18,20,23,26,29,32-40,42,44-48,50,52-56H2,1-2H3,(H,75,80)/b7-5-,13-11-,19-17-,22-21-,25-24-,28-27-,31-30-,43-41+,51-49+. The predicted octanol–water partition coefficient (Wildman–Crippen LogP) is 9.83. The van der Waals surface area contributed by atoms with E-state index in [1.54, 1.807) is 6.08 Å². The average Bonchev–Trinajstić information content (AvgIpc) is 0.902. The van der Waals surface area contributed by atoms with Crippen molar-refractivity contribution in [1.82, 2.24) is 5.32 Å². The third-order valence-electron chi connectivity index (χ3n) is 17.1. The number of aliphatic hydroxyl groups excluding tert-OH is 11. The predicted molar refractivity (Wildman–Crippen MR) is 364 cm³/mol. The molecule has 19 nitrogen and oxygen atoms in total.